The Kier molecular flexibility index (Phi) is 5.75. The molecular formula is C19H23N3O3. The first-order valence-corrected chi connectivity index (χ1v) is 8.53. The first-order valence-electron chi connectivity index (χ1n) is 8.53. The van der Waals surface area contributed by atoms with E-state index < -0.39 is 6.10 Å². The molecule has 25 heavy (non-hydrogen) atoms. The van der Waals surface area contributed by atoms with Gasteiger partial charge in [0.05, 0.1) is 11.0 Å². The fraction of sp³-hybridized carbons (Fsp3) is 0.368. The minimum absolute atomic E-state index is 0.128. The van der Waals surface area contributed by atoms with Crippen LogP contribution < -0.4 is 0 Å². The van der Waals surface area contributed by atoms with Gasteiger partial charge in [-0.1, -0.05) is 42.5 Å². The average molecular weight is 341 g/mol. The van der Waals surface area contributed by atoms with Crippen molar-refractivity contribution in [2.45, 2.75) is 12.6 Å². The number of nitro groups is 1. The predicted molar refractivity (Wildman–Crippen MR) is 96.2 cm³/mol. The van der Waals surface area contributed by atoms with Gasteiger partial charge in [-0.05, 0) is 11.1 Å². The minimum Gasteiger partial charge on any atom is -0.387 e. The molecule has 132 valence electrons. The van der Waals surface area contributed by atoms with E-state index in [-0.39, 0.29) is 10.6 Å². The maximum Gasteiger partial charge on any atom is 0.269 e. The molecule has 1 heterocycles. The Bertz CT molecular complexity index is 683. The monoisotopic (exact) mass is 341 g/mol. The molecule has 3 rings (SSSR count). The van der Waals surface area contributed by atoms with Gasteiger partial charge in [-0.2, -0.15) is 0 Å². The van der Waals surface area contributed by atoms with Crippen molar-refractivity contribution < 1.29 is 10.0 Å². The summed E-state index contributed by atoms with van der Waals surface area (Å²) in [5.41, 5.74) is 2.17. The van der Waals surface area contributed by atoms with Gasteiger partial charge in [0.2, 0.25) is 0 Å². The van der Waals surface area contributed by atoms with E-state index in [1.54, 1.807) is 12.1 Å². The molecule has 1 N–H and O–H groups in total. The highest BCUT2D eigenvalue weighted by molar-refractivity contribution is 5.32. The molecule has 0 saturated carbocycles. The molecule has 0 radical (unpaired) electrons. The number of hydrogen-bond donors (Lipinski definition) is 1. The first kappa shape index (κ1) is 17.5. The summed E-state index contributed by atoms with van der Waals surface area (Å²) < 4.78 is 0. The zero-order valence-electron chi connectivity index (χ0n) is 14.1. The number of piperazine rings is 1. The van der Waals surface area contributed by atoms with Gasteiger partial charge in [-0.15, -0.1) is 0 Å². The topological polar surface area (TPSA) is 69.9 Å². The summed E-state index contributed by atoms with van der Waals surface area (Å²) in [6.07, 6.45) is -0.456. The molecule has 0 aromatic heterocycles. The Morgan fingerprint density at radius 2 is 1.56 bits per heavy atom. The normalized spacial score (nSPS) is 17.3. The average Bonchev–Trinajstić information content (AvgIpc) is 2.64. The van der Waals surface area contributed by atoms with Crippen LogP contribution in [0.5, 0.6) is 0 Å². The van der Waals surface area contributed by atoms with E-state index in [9.17, 15) is 15.2 Å². The summed E-state index contributed by atoms with van der Waals surface area (Å²) >= 11 is 0. The molecule has 0 aliphatic carbocycles. The molecule has 1 fully saturated rings. The molecule has 0 amide bonds. The second-order valence-corrected chi connectivity index (χ2v) is 6.43. The number of non-ortho nitro benzene ring substituents is 1. The SMILES string of the molecule is O=[N+]([O-])c1ccc(CN2CCN(C[C@H](O)c3ccccc3)CC2)cc1. The molecule has 2 aromatic rings. The molecule has 6 heteroatoms. The minimum atomic E-state index is -0.456. The van der Waals surface area contributed by atoms with Crippen LogP contribution in [-0.4, -0.2) is 52.6 Å². The van der Waals surface area contributed by atoms with Crippen molar-refractivity contribution >= 4 is 5.69 Å². The number of β-amino-alcohol motifs (C(OH)–C–C–N with tert-alkyl or cyclic N) is 1. The van der Waals surface area contributed by atoms with Crippen molar-refractivity contribution in [3.05, 3.63) is 75.8 Å². The van der Waals surface area contributed by atoms with E-state index in [1.165, 1.54) is 0 Å². The van der Waals surface area contributed by atoms with Crippen LogP contribution in [0.4, 0.5) is 5.69 Å². The summed E-state index contributed by atoms with van der Waals surface area (Å²) in [4.78, 5) is 14.9. The molecule has 1 atom stereocenters. The summed E-state index contributed by atoms with van der Waals surface area (Å²) in [5.74, 6) is 0. The van der Waals surface area contributed by atoms with Crippen LogP contribution in [0.15, 0.2) is 54.6 Å². The molecule has 0 bridgehead atoms. The van der Waals surface area contributed by atoms with Crippen LogP contribution >= 0.6 is 0 Å². The Morgan fingerprint density at radius 3 is 2.16 bits per heavy atom. The highest BCUT2D eigenvalue weighted by Gasteiger charge is 2.20. The maximum absolute atomic E-state index is 10.7. The Balaban J connectivity index is 1.46. The fourth-order valence-corrected chi connectivity index (χ4v) is 3.14. The number of benzene rings is 2. The molecule has 2 aromatic carbocycles. The number of nitro benzene ring substituents is 1. The summed E-state index contributed by atoms with van der Waals surface area (Å²) in [6.45, 7) is 5.13. The lowest BCUT2D eigenvalue weighted by Crippen LogP contribution is -2.47. The molecular weight excluding hydrogens is 318 g/mol. The maximum atomic E-state index is 10.7. The van der Waals surface area contributed by atoms with Crippen LogP contribution in [0, 0.1) is 10.1 Å². The zero-order valence-corrected chi connectivity index (χ0v) is 14.1. The van der Waals surface area contributed by atoms with E-state index in [0.717, 1.165) is 43.9 Å². The van der Waals surface area contributed by atoms with Gasteiger partial charge < -0.3 is 5.11 Å². The fourth-order valence-electron chi connectivity index (χ4n) is 3.14. The Hall–Kier alpha value is -2.28. The molecule has 1 aliphatic rings. The van der Waals surface area contributed by atoms with Gasteiger partial charge in [0.15, 0.2) is 0 Å². The van der Waals surface area contributed by atoms with Gasteiger partial charge >= 0.3 is 0 Å². The third kappa shape index (κ3) is 4.85. The van der Waals surface area contributed by atoms with Crippen molar-refractivity contribution in [3.63, 3.8) is 0 Å². The summed E-state index contributed by atoms with van der Waals surface area (Å²) in [5, 5.41) is 21.0. The van der Waals surface area contributed by atoms with Crippen molar-refractivity contribution in [1.82, 2.24) is 9.80 Å². The molecule has 0 spiro atoms. The van der Waals surface area contributed by atoms with Crippen LogP contribution in [-0.2, 0) is 6.54 Å². The van der Waals surface area contributed by atoms with Gasteiger partial charge in [0, 0.05) is 51.4 Å². The van der Waals surface area contributed by atoms with Gasteiger partial charge in [-0.25, -0.2) is 0 Å². The first-order chi connectivity index (χ1) is 12.1. The molecule has 0 unspecified atom stereocenters. The van der Waals surface area contributed by atoms with Gasteiger partial charge in [-0.3, -0.25) is 19.9 Å². The van der Waals surface area contributed by atoms with Crippen LogP contribution in [0.3, 0.4) is 0 Å². The number of hydrogen-bond acceptors (Lipinski definition) is 5. The van der Waals surface area contributed by atoms with Gasteiger partial charge in [0.1, 0.15) is 0 Å². The number of aliphatic hydroxyl groups excluding tert-OH is 1. The quantitative estimate of drug-likeness (QED) is 0.645. The van der Waals surface area contributed by atoms with Crippen molar-refractivity contribution in [2.75, 3.05) is 32.7 Å². The highest BCUT2D eigenvalue weighted by atomic mass is 16.6. The Morgan fingerprint density at radius 1 is 0.960 bits per heavy atom. The number of aliphatic hydroxyl groups is 1. The lowest BCUT2D eigenvalue weighted by Gasteiger charge is -2.35. The number of nitrogens with zero attached hydrogens (tertiary/aromatic N) is 3. The Labute approximate surface area is 147 Å². The number of rotatable bonds is 6. The highest BCUT2D eigenvalue weighted by Crippen LogP contribution is 2.17. The largest absolute Gasteiger partial charge is 0.387 e. The summed E-state index contributed by atoms with van der Waals surface area (Å²) in [6, 6.07) is 16.5. The van der Waals surface area contributed by atoms with Crippen molar-refractivity contribution in [2.24, 2.45) is 0 Å². The molecule has 1 saturated heterocycles. The van der Waals surface area contributed by atoms with Gasteiger partial charge in [0.25, 0.3) is 5.69 Å². The van der Waals surface area contributed by atoms with Crippen LogP contribution in [0.2, 0.25) is 0 Å². The van der Waals surface area contributed by atoms with E-state index >= 15 is 0 Å². The zero-order chi connectivity index (χ0) is 17.6. The second kappa shape index (κ2) is 8.20. The third-order valence-corrected chi connectivity index (χ3v) is 4.63. The second-order valence-electron chi connectivity index (χ2n) is 6.43. The summed E-state index contributed by atoms with van der Waals surface area (Å²) in [7, 11) is 0. The third-order valence-electron chi connectivity index (χ3n) is 4.63. The molecule has 1 aliphatic heterocycles. The molecule has 6 nitrogen and oxygen atoms in total. The van der Waals surface area contributed by atoms with E-state index in [1.807, 2.05) is 42.5 Å². The van der Waals surface area contributed by atoms with Crippen molar-refractivity contribution in [3.8, 4) is 0 Å². The predicted octanol–water partition coefficient (Wildman–Crippen LogP) is 2.45. The smallest absolute Gasteiger partial charge is 0.269 e. The van der Waals surface area contributed by atoms with E-state index in [0.29, 0.717) is 6.54 Å². The lowest BCUT2D eigenvalue weighted by molar-refractivity contribution is -0.384. The lowest BCUT2D eigenvalue weighted by atomic mass is 10.1. The van der Waals surface area contributed by atoms with Crippen molar-refractivity contribution in [1.29, 1.82) is 0 Å². The standard InChI is InChI=1S/C19H23N3O3/c23-19(17-4-2-1-3-5-17)15-21-12-10-20(11-13-21)14-16-6-8-18(9-7-16)22(24)25/h1-9,19,23H,10-15H2/t19-/m0/s1. The van der Waals surface area contributed by atoms with Crippen LogP contribution in [0.1, 0.15) is 17.2 Å². The van der Waals surface area contributed by atoms with E-state index in [4.69, 9.17) is 0 Å². The van der Waals surface area contributed by atoms with E-state index in [2.05, 4.69) is 9.80 Å². The van der Waals surface area contributed by atoms with Crippen LogP contribution in [0.25, 0.3) is 0 Å².